The van der Waals surface area contributed by atoms with E-state index in [1.54, 1.807) is 0 Å². The molecular formula is C14H26BN. The standard InChI is InChI=1S/C14H26BN/c1-11(2,3)14(15)7-13(8-14)9-16(10-13)12(4,5)6/h7-10H2,1-6H3. The fourth-order valence-electron chi connectivity index (χ4n) is 3.28. The first-order valence-electron chi connectivity index (χ1n) is 6.52. The van der Waals surface area contributed by atoms with Crippen LogP contribution >= 0.6 is 0 Å². The summed E-state index contributed by atoms with van der Waals surface area (Å²) in [5.41, 5.74) is 1.15. The van der Waals surface area contributed by atoms with Crippen LogP contribution in [-0.2, 0) is 0 Å². The zero-order chi connectivity index (χ0) is 12.4. The smallest absolute Gasteiger partial charge is 0.0754 e. The van der Waals surface area contributed by atoms with Crippen molar-refractivity contribution in [3.63, 3.8) is 0 Å². The van der Waals surface area contributed by atoms with Gasteiger partial charge >= 0.3 is 0 Å². The largest absolute Gasteiger partial charge is 0.297 e. The van der Waals surface area contributed by atoms with Crippen molar-refractivity contribution in [1.29, 1.82) is 0 Å². The van der Waals surface area contributed by atoms with E-state index in [9.17, 15) is 0 Å². The molecule has 1 aliphatic heterocycles. The van der Waals surface area contributed by atoms with Gasteiger partial charge in [-0.25, -0.2) is 0 Å². The monoisotopic (exact) mass is 219 g/mol. The van der Waals surface area contributed by atoms with Crippen LogP contribution < -0.4 is 0 Å². The topological polar surface area (TPSA) is 3.24 Å². The SMILES string of the molecule is [B]C1(C(C)(C)C)CC2(CN(C(C)(C)C)C2)C1. The number of hydrogen-bond donors (Lipinski definition) is 0. The predicted octanol–water partition coefficient (Wildman–Crippen LogP) is 3.25. The quantitative estimate of drug-likeness (QED) is 0.565. The fraction of sp³-hybridized carbons (Fsp3) is 1.00. The Morgan fingerprint density at radius 2 is 1.38 bits per heavy atom. The molecule has 1 heterocycles. The van der Waals surface area contributed by atoms with Gasteiger partial charge in [0.1, 0.15) is 0 Å². The molecule has 1 nitrogen and oxygen atoms in total. The number of rotatable bonds is 0. The molecule has 1 aliphatic carbocycles. The average molecular weight is 219 g/mol. The van der Waals surface area contributed by atoms with Gasteiger partial charge in [0, 0.05) is 18.6 Å². The van der Waals surface area contributed by atoms with Crippen molar-refractivity contribution < 1.29 is 0 Å². The van der Waals surface area contributed by atoms with Gasteiger partial charge in [-0.05, 0) is 44.4 Å². The number of likely N-dealkylation sites (tertiary alicyclic amines) is 1. The lowest BCUT2D eigenvalue weighted by atomic mass is 9.35. The second-order valence-corrected chi connectivity index (χ2v) is 8.29. The lowest BCUT2D eigenvalue weighted by molar-refractivity contribution is -0.143. The molecule has 0 N–H and O–H groups in total. The summed E-state index contributed by atoms with van der Waals surface area (Å²) in [5, 5.41) is 0.0803. The van der Waals surface area contributed by atoms with Gasteiger partial charge < -0.3 is 0 Å². The van der Waals surface area contributed by atoms with Gasteiger partial charge in [0.25, 0.3) is 0 Å². The highest BCUT2D eigenvalue weighted by Crippen LogP contribution is 2.69. The van der Waals surface area contributed by atoms with E-state index in [0.29, 0.717) is 11.0 Å². The summed E-state index contributed by atoms with van der Waals surface area (Å²) in [6.07, 6.45) is 2.44. The Morgan fingerprint density at radius 3 is 1.69 bits per heavy atom. The zero-order valence-electron chi connectivity index (χ0n) is 11.9. The zero-order valence-corrected chi connectivity index (χ0v) is 11.9. The molecule has 0 amide bonds. The van der Waals surface area contributed by atoms with Gasteiger partial charge in [-0.2, -0.15) is 0 Å². The first kappa shape index (κ1) is 12.5. The van der Waals surface area contributed by atoms with E-state index in [-0.39, 0.29) is 10.7 Å². The Bertz CT molecular complexity index is 281. The van der Waals surface area contributed by atoms with Gasteiger partial charge in [-0.1, -0.05) is 26.1 Å². The molecule has 2 heteroatoms. The Hall–Kier alpha value is 0.0249. The molecule has 0 unspecified atom stereocenters. The molecule has 0 aromatic heterocycles. The minimum Gasteiger partial charge on any atom is -0.297 e. The molecule has 2 aliphatic rings. The Kier molecular flexibility index (Phi) is 2.40. The van der Waals surface area contributed by atoms with Gasteiger partial charge in [0.15, 0.2) is 0 Å². The molecule has 1 saturated heterocycles. The Morgan fingerprint density at radius 1 is 0.938 bits per heavy atom. The molecule has 2 rings (SSSR count). The van der Waals surface area contributed by atoms with Gasteiger partial charge in [-0.15, -0.1) is 0 Å². The highest BCUT2D eigenvalue weighted by molar-refractivity contribution is 6.16. The maximum Gasteiger partial charge on any atom is 0.0754 e. The number of nitrogens with zero attached hydrogens (tertiary/aromatic N) is 1. The van der Waals surface area contributed by atoms with E-state index in [1.807, 2.05) is 0 Å². The molecule has 1 saturated carbocycles. The van der Waals surface area contributed by atoms with Gasteiger partial charge in [0.2, 0.25) is 0 Å². The minimum absolute atomic E-state index is 0.0803. The van der Waals surface area contributed by atoms with Crippen molar-refractivity contribution in [2.24, 2.45) is 10.8 Å². The molecule has 0 aromatic rings. The van der Waals surface area contributed by atoms with Crippen LogP contribution in [0.15, 0.2) is 0 Å². The van der Waals surface area contributed by atoms with Crippen LogP contribution in [0.3, 0.4) is 0 Å². The van der Waals surface area contributed by atoms with E-state index in [0.717, 1.165) is 0 Å². The summed E-state index contributed by atoms with van der Waals surface area (Å²) in [5.74, 6) is 0. The molecule has 2 fully saturated rings. The highest BCUT2D eigenvalue weighted by atomic mass is 15.3. The van der Waals surface area contributed by atoms with E-state index in [4.69, 9.17) is 7.85 Å². The third-order valence-corrected chi connectivity index (χ3v) is 4.88. The van der Waals surface area contributed by atoms with Crippen molar-refractivity contribution in [3.8, 4) is 0 Å². The van der Waals surface area contributed by atoms with Crippen LogP contribution in [0.1, 0.15) is 54.4 Å². The summed E-state index contributed by atoms with van der Waals surface area (Å²) in [7, 11) is 6.50. The fourth-order valence-corrected chi connectivity index (χ4v) is 3.28. The predicted molar refractivity (Wildman–Crippen MR) is 70.9 cm³/mol. The second kappa shape index (κ2) is 3.07. The molecule has 0 aromatic carbocycles. The first-order valence-corrected chi connectivity index (χ1v) is 6.52. The third-order valence-electron chi connectivity index (χ3n) is 4.88. The summed E-state index contributed by atoms with van der Waals surface area (Å²) in [4.78, 5) is 2.58. The molecular weight excluding hydrogens is 193 g/mol. The third kappa shape index (κ3) is 1.74. The van der Waals surface area contributed by atoms with Gasteiger partial charge in [-0.3, -0.25) is 4.90 Å². The Labute approximate surface area is 102 Å². The van der Waals surface area contributed by atoms with Gasteiger partial charge in [0.05, 0.1) is 7.85 Å². The second-order valence-electron chi connectivity index (χ2n) is 8.29. The van der Waals surface area contributed by atoms with E-state index in [1.165, 1.54) is 25.9 Å². The normalized spacial score (nSPS) is 28.6. The average Bonchev–Trinajstić information content (AvgIpc) is 1.88. The summed E-state index contributed by atoms with van der Waals surface area (Å²) >= 11 is 0. The van der Waals surface area contributed by atoms with Crippen LogP contribution in [0, 0.1) is 10.8 Å². The summed E-state index contributed by atoms with van der Waals surface area (Å²) < 4.78 is 0. The van der Waals surface area contributed by atoms with Crippen molar-refractivity contribution in [2.75, 3.05) is 13.1 Å². The van der Waals surface area contributed by atoms with Crippen molar-refractivity contribution in [2.45, 2.75) is 65.2 Å². The van der Waals surface area contributed by atoms with Crippen molar-refractivity contribution >= 4 is 7.85 Å². The molecule has 16 heavy (non-hydrogen) atoms. The highest BCUT2D eigenvalue weighted by Gasteiger charge is 2.61. The van der Waals surface area contributed by atoms with Crippen LogP contribution in [0.4, 0.5) is 0 Å². The van der Waals surface area contributed by atoms with E-state index >= 15 is 0 Å². The van der Waals surface area contributed by atoms with Crippen LogP contribution in [0.2, 0.25) is 5.31 Å². The number of hydrogen-bond acceptors (Lipinski definition) is 1. The van der Waals surface area contributed by atoms with Crippen LogP contribution in [-0.4, -0.2) is 31.4 Å². The lowest BCUT2D eigenvalue weighted by Crippen LogP contribution is -2.69. The molecule has 90 valence electrons. The summed E-state index contributed by atoms with van der Waals surface area (Å²) in [6.45, 7) is 16.3. The summed E-state index contributed by atoms with van der Waals surface area (Å²) in [6, 6.07) is 0. The van der Waals surface area contributed by atoms with E-state index in [2.05, 4.69) is 46.4 Å². The molecule has 0 bridgehead atoms. The first-order chi connectivity index (χ1) is 6.98. The van der Waals surface area contributed by atoms with Crippen molar-refractivity contribution in [3.05, 3.63) is 0 Å². The van der Waals surface area contributed by atoms with E-state index < -0.39 is 0 Å². The van der Waals surface area contributed by atoms with Crippen LogP contribution in [0.5, 0.6) is 0 Å². The lowest BCUT2D eigenvalue weighted by Gasteiger charge is -2.69. The molecule has 2 radical (unpaired) electrons. The molecule has 0 atom stereocenters. The molecule has 1 spiro atoms. The van der Waals surface area contributed by atoms with Crippen molar-refractivity contribution in [1.82, 2.24) is 4.90 Å². The Balaban J connectivity index is 1.92. The maximum atomic E-state index is 6.50. The maximum absolute atomic E-state index is 6.50. The van der Waals surface area contributed by atoms with Crippen LogP contribution in [0.25, 0.3) is 0 Å². The minimum atomic E-state index is 0.0803.